The van der Waals surface area contributed by atoms with Crippen LogP contribution in [0.5, 0.6) is 0 Å². The molecule has 6 rings (SSSR count). The second-order valence-corrected chi connectivity index (χ2v) is 11.3. The van der Waals surface area contributed by atoms with E-state index < -0.39 is 0 Å². The second kappa shape index (κ2) is 4.48. The molecule has 26 heavy (non-hydrogen) atoms. The van der Waals surface area contributed by atoms with E-state index in [1.165, 1.54) is 50.5 Å². The predicted octanol–water partition coefficient (Wildman–Crippen LogP) is 5.44. The molecular weight excluding hydrogens is 318 g/mol. The summed E-state index contributed by atoms with van der Waals surface area (Å²) in [6.07, 6.45) is 14.3. The summed E-state index contributed by atoms with van der Waals surface area (Å²) in [6, 6.07) is 2.79. The molecule has 0 aromatic rings. The van der Waals surface area contributed by atoms with Gasteiger partial charge in [0.1, 0.15) is 0 Å². The van der Waals surface area contributed by atoms with Crippen molar-refractivity contribution in [2.24, 2.45) is 45.3 Å². The fourth-order valence-corrected chi connectivity index (χ4v) is 9.47. The summed E-state index contributed by atoms with van der Waals surface area (Å²) in [6.45, 7) is 4.76. The van der Waals surface area contributed by atoms with Crippen molar-refractivity contribution in [2.75, 3.05) is 0 Å². The first-order valence-electron chi connectivity index (χ1n) is 11.0. The van der Waals surface area contributed by atoms with Crippen molar-refractivity contribution in [3.8, 4) is 6.07 Å². The first-order chi connectivity index (χ1) is 12.4. The number of carbonyl (C=O) groups is 1. The van der Waals surface area contributed by atoms with Gasteiger partial charge in [0.15, 0.2) is 5.78 Å². The fraction of sp³-hybridized carbons (Fsp3) is 0.833. The van der Waals surface area contributed by atoms with Crippen LogP contribution in [0.3, 0.4) is 0 Å². The molecule has 0 saturated heterocycles. The zero-order valence-electron chi connectivity index (χ0n) is 16.3. The van der Waals surface area contributed by atoms with Crippen molar-refractivity contribution in [3.05, 3.63) is 11.6 Å². The van der Waals surface area contributed by atoms with Gasteiger partial charge in [-0.2, -0.15) is 5.26 Å². The van der Waals surface area contributed by atoms with Crippen LogP contribution in [0, 0.1) is 56.7 Å². The Labute approximate surface area is 157 Å². The quantitative estimate of drug-likeness (QED) is 0.632. The molecule has 7 unspecified atom stereocenters. The van der Waals surface area contributed by atoms with Gasteiger partial charge in [0.05, 0.1) is 11.5 Å². The van der Waals surface area contributed by atoms with Crippen LogP contribution in [0.4, 0.5) is 0 Å². The summed E-state index contributed by atoms with van der Waals surface area (Å²) in [5, 5.41) is 10.1. The maximum atomic E-state index is 12.1. The number of hydrogen-bond donors (Lipinski definition) is 0. The molecule has 6 aliphatic rings. The van der Waals surface area contributed by atoms with E-state index in [-0.39, 0.29) is 10.8 Å². The maximum absolute atomic E-state index is 12.1. The average molecular weight is 350 g/mol. The maximum Gasteiger partial charge on any atom is 0.155 e. The van der Waals surface area contributed by atoms with Gasteiger partial charge in [-0.05, 0) is 111 Å². The zero-order chi connectivity index (χ0) is 17.9. The standard InChI is InChI=1S/C24H31NO/c1-21(14-25)9-10-24-13-23(16-3-4-16)12-15-11-17(26)5-6-18(15)19(20(23)24)7-8-22(21,24)2/h11,16,18-20H,3-10,12-13H2,1-2H3. The van der Waals surface area contributed by atoms with Gasteiger partial charge in [-0.15, -0.1) is 0 Å². The topological polar surface area (TPSA) is 40.9 Å². The molecular formula is C24H31NO. The highest BCUT2D eigenvalue weighted by atomic mass is 16.1. The zero-order valence-corrected chi connectivity index (χ0v) is 16.3. The molecule has 0 radical (unpaired) electrons. The van der Waals surface area contributed by atoms with Gasteiger partial charge < -0.3 is 0 Å². The van der Waals surface area contributed by atoms with E-state index in [4.69, 9.17) is 0 Å². The lowest BCUT2D eigenvalue weighted by Crippen LogP contribution is -2.71. The van der Waals surface area contributed by atoms with E-state index in [0.29, 0.717) is 22.5 Å². The Bertz CT molecular complexity index is 787. The van der Waals surface area contributed by atoms with Crippen LogP contribution in [-0.2, 0) is 4.79 Å². The minimum atomic E-state index is -0.133. The van der Waals surface area contributed by atoms with Crippen molar-refractivity contribution in [1.29, 1.82) is 5.26 Å². The van der Waals surface area contributed by atoms with Crippen LogP contribution in [0.1, 0.15) is 78.1 Å². The summed E-state index contributed by atoms with van der Waals surface area (Å²) in [4.78, 5) is 12.1. The number of allylic oxidation sites excluding steroid dienone is 1. The molecule has 1 spiro atoms. The number of rotatable bonds is 1. The third kappa shape index (κ3) is 1.49. The summed E-state index contributed by atoms with van der Waals surface area (Å²) in [5.74, 6) is 3.61. The van der Waals surface area contributed by atoms with Crippen LogP contribution in [-0.4, -0.2) is 5.78 Å². The molecule has 5 fully saturated rings. The third-order valence-electron chi connectivity index (χ3n) is 10.9. The molecule has 0 aromatic carbocycles. The van der Waals surface area contributed by atoms with Gasteiger partial charge in [-0.1, -0.05) is 12.5 Å². The Morgan fingerprint density at radius 1 is 1.12 bits per heavy atom. The van der Waals surface area contributed by atoms with Gasteiger partial charge in [0.2, 0.25) is 0 Å². The van der Waals surface area contributed by atoms with Crippen LogP contribution in [0.2, 0.25) is 0 Å². The summed E-state index contributed by atoms with van der Waals surface area (Å²) < 4.78 is 0. The molecule has 0 aromatic heterocycles. The molecule has 2 heteroatoms. The van der Waals surface area contributed by atoms with Gasteiger partial charge in [-0.3, -0.25) is 4.79 Å². The number of nitrogens with zero attached hydrogens (tertiary/aromatic N) is 1. The summed E-state index contributed by atoms with van der Waals surface area (Å²) >= 11 is 0. The van der Waals surface area contributed by atoms with E-state index in [0.717, 1.165) is 37.0 Å². The van der Waals surface area contributed by atoms with E-state index in [1.807, 2.05) is 0 Å². The molecule has 0 N–H and O–H groups in total. The molecule has 2 nitrogen and oxygen atoms in total. The number of ketones is 1. The number of carbonyl (C=O) groups excluding carboxylic acids is 1. The minimum Gasteiger partial charge on any atom is -0.295 e. The van der Waals surface area contributed by atoms with Crippen molar-refractivity contribution < 1.29 is 4.79 Å². The molecule has 138 valence electrons. The van der Waals surface area contributed by atoms with E-state index >= 15 is 0 Å². The van der Waals surface area contributed by atoms with Crippen molar-refractivity contribution in [1.82, 2.24) is 0 Å². The van der Waals surface area contributed by atoms with Gasteiger partial charge >= 0.3 is 0 Å². The van der Waals surface area contributed by atoms with Crippen LogP contribution < -0.4 is 0 Å². The van der Waals surface area contributed by atoms with Crippen molar-refractivity contribution in [3.63, 3.8) is 0 Å². The smallest absolute Gasteiger partial charge is 0.155 e. The largest absolute Gasteiger partial charge is 0.295 e. The Morgan fingerprint density at radius 2 is 1.92 bits per heavy atom. The Morgan fingerprint density at radius 3 is 2.65 bits per heavy atom. The van der Waals surface area contributed by atoms with E-state index in [1.54, 1.807) is 0 Å². The molecule has 0 aliphatic heterocycles. The molecule has 7 atom stereocenters. The highest BCUT2D eigenvalue weighted by molar-refractivity contribution is 5.91. The van der Waals surface area contributed by atoms with Gasteiger partial charge in [-0.25, -0.2) is 0 Å². The monoisotopic (exact) mass is 349 g/mol. The third-order valence-corrected chi connectivity index (χ3v) is 10.9. The van der Waals surface area contributed by atoms with Crippen LogP contribution in [0.15, 0.2) is 11.6 Å². The fourth-order valence-electron chi connectivity index (χ4n) is 9.47. The Hall–Kier alpha value is -1.10. The molecule has 5 saturated carbocycles. The number of nitriles is 1. The van der Waals surface area contributed by atoms with Crippen LogP contribution in [0.25, 0.3) is 0 Å². The Kier molecular flexibility index (Phi) is 2.74. The van der Waals surface area contributed by atoms with Crippen molar-refractivity contribution in [2.45, 2.75) is 78.1 Å². The minimum absolute atomic E-state index is 0.133. The molecule has 6 aliphatic carbocycles. The summed E-state index contributed by atoms with van der Waals surface area (Å²) in [5.41, 5.74) is 2.53. The second-order valence-electron chi connectivity index (χ2n) is 11.3. The van der Waals surface area contributed by atoms with Crippen LogP contribution >= 0.6 is 0 Å². The molecule has 0 heterocycles. The lowest BCUT2D eigenvalue weighted by molar-refractivity contribution is -0.273. The molecule has 0 amide bonds. The predicted molar refractivity (Wildman–Crippen MR) is 99.9 cm³/mol. The summed E-state index contributed by atoms with van der Waals surface area (Å²) in [7, 11) is 0. The lowest BCUT2D eigenvalue weighted by atomic mass is 9.27. The highest BCUT2D eigenvalue weighted by Crippen LogP contribution is 2.87. The molecule has 0 bridgehead atoms. The van der Waals surface area contributed by atoms with E-state index in [2.05, 4.69) is 26.0 Å². The first kappa shape index (κ1) is 15.9. The average Bonchev–Trinajstić information content (AvgIpc) is 3.41. The number of hydrogen-bond acceptors (Lipinski definition) is 2. The lowest BCUT2D eigenvalue weighted by Gasteiger charge is -2.77. The SMILES string of the molecule is CC1(C#N)CCC23CC4(C5CC5)CC5=CC(=O)CCC5C(CCC12C)C43. The van der Waals surface area contributed by atoms with Gasteiger partial charge in [0.25, 0.3) is 0 Å². The van der Waals surface area contributed by atoms with E-state index in [9.17, 15) is 10.1 Å². The Balaban J connectivity index is 1.49. The number of fused-ring (bicyclic) bond motifs is 2. The highest BCUT2D eigenvalue weighted by Gasteiger charge is 2.81. The first-order valence-corrected chi connectivity index (χ1v) is 11.0. The van der Waals surface area contributed by atoms with Crippen molar-refractivity contribution >= 4 is 5.78 Å². The van der Waals surface area contributed by atoms with Gasteiger partial charge in [0, 0.05) is 6.42 Å². The normalized spacial score (nSPS) is 57.2.